The van der Waals surface area contributed by atoms with Gasteiger partial charge in [-0.3, -0.25) is 0 Å². The Bertz CT molecular complexity index is 1540. The SMILES string of the molecule is CCn1c2ccccc2c2cc(/C=N\N=C/C3=C(N4CCOCC4)C(=C/c4ccccc4)/CC3)ccc21. The number of aryl methyl sites for hydroxylation is 1. The fraction of sp³-hybridized carbons (Fsp3) is 0.250. The van der Waals surface area contributed by atoms with Crippen LogP contribution in [0.2, 0.25) is 0 Å². The van der Waals surface area contributed by atoms with E-state index in [1.54, 1.807) is 0 Å². The molecule has 3 aromatic carbocycles. The zero-order valence-corrected chi connectivity index (χ0v) is 21.3. The number of rotatable bonds is 6. The smallest absolute Gasteiger partial charge is 0.0642 e. The number of fused-ring (bicyclic) bond motifs is 3. The van der Waals surface area contributed by atoms with Crippen molar-refractivity contribution >= 4 is 40.3 Å². The summed E-state index contributed by atoms with van der Waals surface area (Å²) in [6.07, 6.45) is 8.13. The second-order valence-corrected chi connectivity index (χ2v) is 9.58. The van der Waals surface area contributed by atoms with Crippen LogP contribution in [0.3, 0.4) is 0 Å². The Balaban J connectivity index is 1.28. The molecule has 0 N–H and O–H groups in total. The molecule has 5 heteroatoms. The minimum atomic E-state index is 0.765. The van der Waals surface area contributed by atoms with Gasteiger partial charge in [-0.15, -0.1) is 0 Å². The molecule has 1 fully saturated rings. The molecule has 0 saturated carbocycles. The average Bonchev–Trinajstić information content (AvgIpc) is 3.50. The highest BCUT2D eigenvalue weighted by Crippen LogP contribution is 2.35. The highest BCUT2D eigenvalue weighted by atomic mass is 16.5. The van der Waals surface area contributed by atoms with E-state index in [-0.39, 0.29) is 0 Å². The number of para-hydroxylation sites is 1. The number of benzene rings is 3. The van der Waals surface area contributed by atoms with Crippen LogP contribution < -0.4 is 0 Å². The monoisotopic (exact) mass is 488 g/mol. The maximum absolute atomic E-state index is 5.62. The molecule has 0 unspecified atom stereocenters. The van der Waals surface area contributed by atoms with E-state index in [4.69, 9.17) is 4.74 Å². The Morgan fingerprint density at radius 3 is 2.38 bits per heavy atom. The van der Waals surface area contributed by atoms with Gasteiger partial charge in [-0.05, 0) is 66.3 Å². The van der Waals surface area contributed by atoms with Crippen LogP contribution in [-0.2, 0) is 11.3 Å². The van der Waals surface area contributed by atoms with Crippen molar-refractivity contribution in [2.24, 2.45) is 10.2 Å². The minimum absolute atomic E-state index is 0.765. The third-order valence-electron chi connectivity index (χ3n) is 7.34. The van der Waals surface area contributed by atoms with Crippen LogP contribution in [0.5, 0.6) is 0 Å². The molecule has 6 rings (SSSR count). The standard InChI is InChI=1S/C32H32N4O/c1-2-36-30-11-7-6-10-28(30)29-21-25(12-15-31(29)36)22-33-34-23-27-14-13-26(20-24-8-4-3-5-9-24)32(27)35-16-18-37-19-17-35/h3-12,15,20-23H,2,13-14,16-19H2,1H3/b26-20+,33-22-,34-23-. The van der Waals surface area contributed by atoms with Gasteiger partial charge in [0.15, 0.2) is 0 Å². The molecule has 1 saturated heterocycles. The fourth-order valence-corrected chi connectivity index (χ4v) is 5.62. The van der Waals surface area contributed by atoms with E-state index in [1.165, 1.54) is 44.2 Å². The summed E-state index contributed by atoms with van der Waals surface area (Å²) in [7, 11) is 0. The van der Waals surface area contributed by atoms with Gasteiger partial charge in [0.25, 0.3) is 0 Å². The van der Waals surface area contributed by atoms with Gasteiger partial charge in [0.05, 0.1) is 25.6 Å². The molecule has 2 heterocycles. The lowest BCUT2D eigenvalue weighted by Gasteiger charge is -2.31. The number of morpholine rings is 1. The number of hydrogen-bond acceptors (Lipinski definition) is 4. The summed E-state index contributed by atoms with van der Waals surface area (Å²) in [4.78, 5) is 2.45. The Morgan fingerprint density at radius 1 is 0.784 bits per heavy atom. The third-order valence-corrected chi connectivity index (χ3v) is 7.34. The van der Waals surface area contributed by atoms with Crippen LogP contribution in [0.25, 0.3) is 27.9 Å². The first-order chi connectivity index (χ1) is 18.3. The molecule has 0 spiro atoms. The van der Waals surface area contributed by atoms with E-state index in [0.717, 1.165) is 51.3 Å². The molecule has 1 aliphatic heterocycles. The molecule has 1 aromatic heterocycles. The number of nitrogens with zero attached hydrogens (tertiary/aromatic N) is 4. The summed E-state index contributed by atoms with van der Waals surface area (Å²) >= 11 is 0. The van der Waals surface area contributed by atoms with Crippen LogP contribution in [0.15, 0.2) is 99.8 Å². The van der Waals surface area contributed by atoms with E-state index in [2.05, 4.69) is 105 Å². The molecular weight excluding hydrogens is 456 g/mol. The molecule has 4 aromatic rings. The van der Waals surface area contributed by atoms with Gasteiger partial charge in [0.2, 0.25) is 0 Å². The average molecular weight is 489 g/mol. The molecule has 0 atom stereocenters. The summed E-state index contributed by atoms with van der Waals surface area (Å²) < 4.78 is 7.98. The van der Waals surface area contributed by atoms with Crippen molar-refractivity contribution in [1.82, 2.24) is 9.47 Å². The number of allylic oxidation sites excluding steroid dienone is 2. The molecule has 0 radical (unpaired) electrons. The quantitative estimate of drug-likeness (QED) is 0.224. The van der Waals surface area contributed by atoms with Crippen molar-refractivity contribution in [3.8, 4) is 0 Å². The lowest BCUT2D eigenvalue weighted by Crippen LogP contribution is -2.36. The van der Waals surface area contributed by atoms with Gasteiger partial charge in [0.1, 0.15) is 0 Å². The van der Waals surface area contributed by atoms with Gasteiger partial charge in [-0.2, -0.15) is 10.2 Å². The first kappa shape index (κ1) is 23.4. The Morgan fingerprint density at radius 2 is 1.54 bits per heavy atom. The Hall–Kier alpha value is -3.96. The van der Waals surface area contributed by atoms with E-state index in [0.29, 0.717) is 0 Å². The second-order valence-electron chi connectivity index (χ2n) is 9.58. The highest BCUT2D eigenvalue weighted by molar-refractivity contribution is 6.09. The van der Waals surface area contributed by atoms with Crippen LogP contribution in [-0.4, -0.2) is 48.2 Å². The van der Waals surface area contributed by atoms with Crippen molar-refractivity contribution in [2.45, 2.75) is 26.3 Å². The minimum Gasteiger partial charge on any atom is -0.378 e. The first-order valence-electron chi connectivity index (χ1n) is 13.2. The summed E-state index contributed by atoms with van der Waals surface area (Å²) in [6, 6.07) is 25.7. The molecular formula is C32H32N4O. The van der Waals surface area contributed by atoms with Crippen LogP contribution >= 0.6 is 0 Å². The Kier molecular flexibility index (Phi) is 6.70. The summed E-state index contributed by atoms with van der Waals surface area (Å²) in [5, 5.41) is 11.5. The number of hydrogen-bond donors (Lipinski definition) is 0. The topological polar surface area (TPSA) is 42.1 Å². The van der Waals surface area contributed by atoms with E-state index < -0.39 is 0 Å². The maximum atomic E-state index is 5.62. The van der Waals surface area contributed by atoms with E-state index >= 15 is 0 Å². The number of aromatic nitrogens is 1. The lowest BCUT2D eigenvalue weighted by molar-refractivity contribution is 0.0548. The van der Waals surface area contributed by atoms with Gasteiger partial charge in [-0.1, -0.05) is 54.6 Å². The van der Waals surface area contributed by atoms with Crippen LogP contribution in [0.4, 0.5) is 0 Å². The van der Waals surface area contributed by atoms with Gasteiger partial charge < -0.3 is 14.2 Å². The van der Waals surface area contributed by atoms with Crippen molar-refractivity contribution in [2.75, 3.05) is 26.3 Å². The third kappa shape index (κ3) is 4.75. The fourth-order valence-electron chi connectivity index (χ4n) is 5.62. The molecule has 37 heavy (non-hydrogen) atoms. The van der Waals surface area contributed by atoms with Crippen LogP contribution in [0.1, 0.15) is 30.9 Å². The lowest BCUT2D eigenvalue weighted by atomic mass is 10.1. The molecule has 0 bridgehead atoms. The molecule has 2 aliphatic rings. The number of ether oxygens (including phenoxy) is 1. The molecule has 0 amide bonds. The predicted octanol–water partition coefficient (Wildman–Crippen LogP) is 6.68. The maximum Gasteiger partial charge on any atom is 0.0642 e. The highest BCUT2D eigenvalue weighted by Gasteiger charge is 2.25. The van der Waals surface area contributed by atoms with Gasteiger partial charge in [0, 0.05) is 47.1 Å². The summed E-state index contributed by atoms with van der Waals surface area (Å²) in [5.41, 5.74) is 8.75. The van der Waals surface area contributed by atoms with Crippen molar-refractivity contribution in [3.05, 3.63) is 101 Å². The van der Waals surface area contributed by atoms with Gasteiger partial charge >= 0.3 is 0 Å². The van der Waals surface area contributed by atoms with E-state index in [9.17, 15) is 0 Å². The van der Waals surface area contributed by atoms with Crippen molar-refractivity contribution < 1.29 is 4.74 Å². The summed E-state index contributed by atoms with van der Waals surface area (Å²) in [6.45, 7) is 6.49. The largest absolute Gasteiger partial charge is 0.378 e. The Labute approximate surface area is 218 Å². The van der Waals surface area contributed by atoms with Crippen molar-refractivity contribution in [3.63, 3.8) is 0 Å². The zero-order chi connectivity index (χ0) is 25.0. The summed E-state index contributed by atoms with van der Waals surface area (Å²) in [5.74, 6) is 0. The molecule has 1 aliphatic carbocycles. The second kappa shape index (κ2) is 10.6. The normalized spacial score (nSPS) is 18.0. The van der Waals surface area contributed by atoms with Crippen molar-refractivity contribution in [1.29, 1.82) is 0 Å². The molecule has 186 valence electrons. The van der Waals surface area contributed by atoms with E-state index in [1.807, 2.05) is 12.4 Å². The zero-order valence-electron chi connectivity index (χ0n) is 21.3. The van der Waals surface area contributed by atoms with Crippen LogP contribution in [0, 0.1) is 0 Å². The molecule has 5 nitrogen and oxygen atoms in total. The van der Waals surface area contributed by atoms with Gasteiger partial charge in [-0.25, -0.2) is 0 Å². The first-order valence-corrected chi connectivity index (χ1v) is 13.2. The predicted molar refractivity (Wildman–Crippen MR) is 154 cm³/mol.